The first kappa shape index (κ1) is 11.9. The van der Waals surface area contributed by atoms with Crippen molar-refractivity contribution >= 4 is 11.6 Å². The fourth-order valence-corrected chi connectivity index (χ4v) is 1.78. The molecule has 0 bridgehead atoms. The maximum atomic E-state index is 8.92. The zero-order chi connectivity index (χ0) is 12.1. The Balaban J connectivity index is 1.98. The monoisotopic (exact) mass is 234 g/mol. The molecule has 5 heteroatoms. The summed E-state index contributed by atoms with van der Waals surface area (Å²) >= 11 is 0. The minimum Gasteiger partial charge on any atom is -0.396 e. The number of fused-ring (bicyclic) bond motifs is 1. The Bertz CT molecular complexity index is 435. The predicted octanol–water partition coefficient (Wildman–Crippen LogP) is 1.55. The van der Waals surface area contributed by atoms with E-state index in [2.05, 4.69) is 22.3 Å². The molecule has 0 fully saturated rings. The SMILES string of the molecule is CCC(CCO)CNc1nc2ccccn2n1. The van der Waals surface area contributed by atoms with Crippen LogP contribution in [0.2, 0.25) is 0 Å². The molecule has 0 aromatic carbocycles. The molecule has 1 atom stereocenters. The fraction of sp³-hybridized carbons (Fsp3) is 0.500. The molecule has 2 N–H and O–H groups in total. The van der Waals surface area contributed by atoms with Gasteiger partial charge in [0.2, 0.25) is 5.95 Å². The van der Waals surface area contributed by atoms with Crippen molar-refractivity contribution < 1.29 is 5.11 Å². The fourth-order valence-electron chi connectivity index (χ4n) is 1.78. The maximum Gasteiger partial charge on any atom is 0.243 e. The number of aromatic nitrogens is 3. The molecule has 2 aromatic rings. The first-order valence-corrected chi connectivity index (χ1v) is 5.99. The Morgan fingerprint density at radius 1 is 1.47 bits per heavy atom. The highest BCUT2D eigenvalue weighted by molar-refractivity contribution is 5.42. The Morgan fingerprint density at radius 2 is 2.35 bits per heavy atom. The van der Waals surface area contributed by atoms with Gasteiger partial charge in [-0.05, 0) is 24.5 Å². The third-order valence-corrected chi connectivity index (χ3v) is 2.90. The Labute approximate surface area is 100 Å². The number of aliphatic hydroxyl groups excluding tert-OH is 1. The predicted molar refractivity (Wildman–Crippen MR) is 67.0 cm³/mol. The quantitative estimate of drug-likeness (QED) is 0.796. The van der Waals surface area contributed by atoms with Gasteiger partial charge in [0, 0.05) is 19.3 Å². The van der Waals surface area contributed by atoms with Gasteiger partial charge in [-0.25, -0.2) is 4.52 Å². The molecule has 1 unspecified atom stereocenters. The molecule has 0 aliphatic carbocycles. The van der Waals surface area contributed by atoms with Crippen LogP contribution in [0.1, 0.15) is 19.8 Å². The van der Waals surface area contributed by atoms with Gasteiger partial charge in [0.15, 0.2) is 5.65 Å². The van der Waals surface area contributed by atoms with Gasteiger partial charge in [0.1, 0.15) is 0 Å². The molecule has 2 rings (SSSR count). The van der Waals surface area contributed by atoms with E-state index in [0.717, 1.165) is 25.0 Å². The summed E-state index contributed by atoms with van der Waals surface area (Å²) in [5, 5.41) is 16.4. The van der Waals surface area contributed by atoms with Gasteiger partial charge < -0.3 is 10.4 Å². The molecule has 0 saturated carbocycles. The van der Waals surface area contributed by atoms with Crippen LogP contribution in [0.3, 0.4) is 0 Å². The van der Waals surface area contributed by atoms with E-state index in [4.69, 9.17) is 5.11 Å². The van der Waals surface area contributed by atoms with Gasteiger partial charge in [0.05, 0.1) is 0 Å². The van der Waals surface area contributed by atoms with Crippen molar-refractivity contribution in [2.24, 2.45) is 5.92 Å². The van der Waals surface area contributed by atoms with Crippen LogP contribution >= 0.6 is 0 Å². The number of nitrogens with zero attached hydrogens (tertiary/aromatic N) is 3. The highest BCUT2D eigenvalue weighted by Gasteiger charge is 2.07. The average molecular weight is 234 g/mol. The van der Waals surface area contributed by atoms with Gasteiger partial charge in [-0.1, -0.05) is 19.4 Å². The topological polar surface area (TPSA) is 62.5 Å². The summed E-state index contributed by atoms with van der Waals surface area (Å²) in [5.41, 5.74) is 0.838. The van der Waals surface area contributed by atoms with Crippen LogP contribution < -0.4 is 5.32 Å². The molecule has 17 heavy (non-hydrogen) atoms. The summed E-state index contributed by atoms with van der Waals surface area (Å²) in [6, 6.07) is 5.78. The Hall–Kier alpha value is -1.62. The van der Waals surface area contributed by atoms with Crippen LogP contribution in [0.5, 0.6) is 0 Å². The molecule has 0 amide bonds. The lowest BCUT2D eigenvalue weighted by atomic mass is 10.0. The van der Waals surface area contributed by atoms with Crippen molar-refractivity contribution in [1.29, 1.82) is 0 Å². The minimum absolute atomic E-state index is 0.235. The first-order valence-electron chi connectivity index (χ1n) is 5.99. The lowest BCUT2D eigenvalue weighted by Gasteiger charge is -2.12. The van der Waals surface area contributed by atoms with Crippen LogP contribution in [-0.2, 0) is 0 Å². The molecule has 2 heterocycles. The van der Waals surface area contributed by atoms with Gasteiger partial charge in [-0.2, -0.15) is 4.98 Å². The van der Waals surface area contributed by atoms with Crippen LogP contribution in [0.4, 0.5) is 5.95 Å². The van der Waals surface area contributed by atoms with Gasteiger partial charge in [-0.15, -0.1) is 5.10 Å². The van der Waals surface area contributed by atoms with Crippen molar-refractivity contribution in [1.82, 2.24) is 14.6 Å². The zero-order valence-electron chi connectivity index (χ0n) is 10.0. The van der Waals surface area contributed by atoms with Crippen LogP contribution in [0.15, 0.2) is 24.4 Å². The third kappa shape index (κ3) is 2.94. The number of nitrogens with one attached hydrogen (secondary N) is 1. The number of pyridine rings is 1. The second kappa shape index (κ2) is 5.63. The second-order valence-corrected chi connectivity index (χ2v) is 4.11. The lowest BCUT2D eigenvalue weighted by molar-refractivity contribution is 0.258. The van der Waals surface area contributed by atoms with E-state index in [9.17, 15) is 0 Å². The standard InChI is InChI=1S/C12H18N4O/c1-2-10(6-8-17)9-13-12-14-11-5-3-4-7-16(11)15-12/h3-5,7,10,17H,2,6,8-9H2,1H3,(H,13,15). The Kier molecular flexibility index (Phi) is 3.93. The van der Waals surface area contributed by atoms with E-state index in [1.807, 2.05) is 24.4 Å². The lowest BCUT2D eigenvalue weighted by Crippen LogP contribution is -2.15. The number of aliphatic hydroxyl groups is 1. The molecule has 0 saturated heterocycles. The van der Waals surface area contributed by atoms with Crippen molar-refractivity contribution in [3.05, 3.63) is 24.4 Å². The van der Waals surface area contributed by atoms with Crippen molar-refractivity contribution in [2.45, 2.75) is 19.8 Å². The van der Waals surface area contributed by atoms with Crippen LogP contribution in [-0.4, -0.2) is 32.9 Å². The normalized spacial score (nSPS) is 12.8. The van der Waals surface area contributed by atoms with Gasteiger partial charge >= 0.3 is 0 Å². The molecule has 2 aromatic heterocycles. The van der Waals surface area contributed by atoms with E-state index < -0.39 is 0 Å². The summed E-state index contributed by atoms with van der Waals surface area (Å²) in [5.74, 6) is 1.11. The minimum atomic E-state index is 0.235. The van der Waals surface area contributed by atoms with E-state index in [1.165, 1.54) is 0 Å². The van der Waals surface area contributed by atoms with Crippen LogP contribution in [0, 0.1) is 5.92 Å². The van der Waals surface area contributed by atoms with Gasteiger partial charge in [-0.3, -0.25) is 0 Å². The number of hydrogen-bond donors (Lipinski definition) is 2. The molecule has 92 valence electrons. The van der Waals surface area contributed by atoms with E-state index in [1.54, 1.807) is 4.52 Å². The molecule has 0 radical (unpaired) electrons. The summed E-state index contributed by atoms with van der Waals surface area (Å²) in [4.78, 5) is 4.36. The van der Waals surface area contributed by atoms with E-state index in [0.29, 0.717) is 11.9 Å². The highest BCUT2D eigenvalue weighted by Crippen LogP contribution is 2.10. The van der Waals surface area contributed by atoms with Gasteiger partial charge in [0.25, 0.3) is 0 Å². The van der Waals surface area contributed by atoms with Crippen molar-refractivity contribution in [3.63, 3.8) is 0 Å². The number of hydrogen-bond acceptors (Lipinski definition) is 4. The van der Waals surface area contributed by atoms with Crippen molar-refractivity contribution in [2.75, 3.05) is 18.5 Å². The maximum absolute atomic E-state index is 8.92. The smallest absolute Gasteiger partial charge is 0.243 e. The largest absolute Gasteiger partial charge is 0.396 e. The molecule has 0 spiro atoms. The summed E-state index contributed by atoms with van der Waals surface area (Å²) < 4.78 is 1.75. The molecule has 5 nitrogen and oxygen atoms in total. The van der Waals surface area contributed by atoms with Crippen molar-refractivity contribution in [3.8, 4) is 0 Å². The highest BCUT2D eigenvalue weighted by atomic mass is 16.3. The van der Waals surface area contributed by atoms with Crippen LogP contribution in [0.25, 0.3) is 5.65 Å². The summed E-state index contributed by atoms with van der Waals surface area (Å²) in [6.07, 6.45) is 3.73. The summed E-state index contributed by atoms with van der Waals surface area (Å²) in [7, 11) is 0. The summed E-state index contributed by atoms with van der Waals surface area (Å²) in [6.45, 7) is 3.16. The number of rotatable bonds is 6. The average Bonchev–Trinajstić information content (AvgIpc) is 2.77. The third-order valence-electron chi connectivity index (χ3n) is 2.90. The molecular formula is C12H18N4O. The zero-order valence-corrected chi connectivity index (χ0v) is 10.0. The molecular weight excluding hydrogens is 216 g/mol. The molecule has 0 aliphatic rings. The number of anilines is 1. The Morgan fingerprint density at radius 3 is 3.06 bits per heavy atom. The van der Waals surface area contributed by atoms with E-state index in [-0.39, 0.29) is 6.61 Å². The molecule has 0 aliphatic heterocycles. The first-order chi connectivity index (χ1) is 8.33. The van der Waals surface area contributed by atoms with E-state index >= 15 is 0 Å². The second-order valence-electron chi connectivity index (χ2n) is 4.11.